The SMILES string of the molecule is CC(C#N)c1ccccc1-c1ccccc1F. The minimum Gasteiger partial charge on any atom is -0.206 e. The molecule has 17 heavy (non-hydrogen) atoms. The van der Waals surface area contributed by atoms with Crippen molar-refractivity contribution >= 4 is 0 Å². The molecular formula is C15H12FN. The van der Waals surface area contributed by atoms with Gasteiger partial charge in [-0.25, -0.2) is 4.39 Å². The smallest absolute Gasteiger partial charge is 0.131 e. The molecule has 1 atom stereocenters. The van der Waals surface area contributed by atoms with Crippen molar-refractivity contribution in [2.75, 3.05) is 0 Å². The van der Waals surface area contributed by atoms with Gasteiger partial charge in [-0.3, -0.25) is 0 Å². The summed E-state index contributed by atoms with van der Waals surface area (Å²) in [6, 6.07) is 16.3. The standard InChI is InChI=1S/C15H12FN/c1-11(10-17)12-6-2-3-7-13(12)14-8-4-5-9-15(14)16/h2-9,11H,1H3. The van der Waals surface area contributed by atoms with Crippen molar-refractivity contribution in [2.24, 2.45) is 0 Å². The normalized spacial score (nSPS) is 11.8. The van der Waals surface area contributed by atoms with E-state index in [9.17, 15) is 4.39 Å². The van der Waals surface area contributed by atoms with Crippen LogP contribution in [-0.2, 0) is 0 Å². The second-order valence-corrected chi connectivity index (χ2v) is 3.92. The van der Waals surface area contributed by atoms with Crippen LogP contribution in [0.4, 0.5) is 4.39 Å². The van der Waals surface area contributed by atoms with Crippen molar-refractivity contribution in [1.29, 1.82) is 5.26 Å². The third-order valence-corrected chi connectivity index (χ3v) is 2.78. The molecule has 0 aliphatic heterocycles. The molecular weight excluding hydrogens is 213 g/mol. The fourth-order valence-corrected chi connectivity index (χ4v) is 1.87. The number of hydrogen-bond donors (Lipinski definition) is 0. The molecule has 1 unspecified atom stereocenters. The van der Waals surface area contributed by atoms with Gasteiger partial charge in [-0.1, -0.05) is 42.5 Å². The van der Waals surface area contributed by atoms with Crippen molar-refractivity contribution in [3.8, 4) is 17.2 Å². The molecule has 1 nitrogen and oxygen atoms in total. The summed E-state index contributed by atoms with van der Waals surface area (Å²) in [6.07, 6.45) is 0. The van der Waals surface area contributed by atoms with Crippen molar-refractivity contribution in [3.05, 3.63) is 59.9 Å². The summed E-state index contributed by atoms with van der Waals surface area (Å²) in [7, 11) is 0. The number of halogens is 1. The number of hydrogen-bond acceptors (Lipinski definition) is 1. The van der Waals surface area contributed by atoms with E-state index in [4.69, 9.17) is 5.26 Å². The Morgan fingerprint density at radius 1 is 1.00 bits per heavy atom. The molecule has 0 radical (unpaired) electrons. The molecule has 0 aliphatic carbocycles. The van der Waals surface area contributed by atoms with Crippen LogP contribution in [0.25, 0.3) is 11.1 Å². The summed E-state index contributed by atoms with van der Waals surface area (Å²) in [5.41, 5.74) is 2.20. The van der Waals surface area contributed by atoms with Crippen molar-refractivity contribution in [1.82, 2.24) is 0 Å². The predicted molar refractivity (Wildman–Crippen MR) is 65.9 cm³/mol. The number of nitrogens with zero attached hydrogens (tertiary/aromatic N) is 1. The van der Waals surface area contributed by atoms with E-state index in [0.717, 1.165) is 11.1 Å². The maximum atomic E-state index is 13.7. The molecule has 0 saturated heterocycles. The van der Waals surface area contributed by atoms with Gasteiger partial charge in [0.2, 0.25) is 0 Å². The van der Waals surface area contributed by atoms with E-state index in [1.165, 1.54) is 6.07 Å². The summed E-state index contributed by atoms with van der Waals surface area (Å²) in [6.45, 7) is 1.82. The third kappa shape index (κ3) is 2.19. The minimum absolute atomic E-state index is 0.245. The van der Waals surface area contributed by atoms with E-state index in [-0.39, 0.29) is 11.7 Å². The zero-order chi connectivity index (χ0) is 12.3. The first-order valence-corrected chi connectivity index (χ1v) is 5.47. The molecule has 2 heteroatoms. The van der Waals surface area contributed by atoms with Gasteiger partial charge in [0.05, 0.1) is 12.0 Å². The Kier molecular flexibility index (Phi) is 3.20. The van der Waals surface area contributed by atoms with Crippen LogP contribution in [0.5, 0.6) is 0 Å². The summed E-state index contributed by atoms with van der Waals surface area (Å²) < 4.78 is 13.7. The third-order valence-electron chi connectivity index (χ3n) is 2.78. The zero-order valence-corrected chi connectivity index (χ0v) is 9.52. The van der Waals surface area contributed by atoms with Gasteiger partial charge in [0.15, 0.2) is 0 Å². The Morgan fingerprint density at radius 3 is 2.24 bits per heavy atom. The first-order valence-electron chi connectivity index (χ1n) is 5.47. The molecule has 0 fully saturated rings. The molecule has 0 spiro atoms. The summed E-state index contributed by atoms with van der Waals surface area (Å²) in [5.74, 6) is -0.504. The van der Waals surface area contributed by atoms with Crippen LogP contribution in [0.2, 0.25) is 0 Å². The molecule has 0 bridgehead atoms. The lowest BCUT2D eigenvalue weighted by atomic mass is 9.92. The van der Waals surface area contributed by atoms with Gasteiger partial charge in [-0.05, 0) is 24.1 Å². The van der Waals surface area contributed by atoms with Crippen molar-refractivity contribution < 1.29 is 4.39 Å². The Hall–Kier alpha value is -2.14. The first kappa shape index (κ1) is 11.3. The van der Waals surface area contributed by atoms with Gasteiger partial charge >= 0.3 is 0 Å². The van der Waals surface area contributed by atoms with Crippen LogP contribution in [-0.4, -0.2) is 0 Å². The van der Waals surface area contributed by atoms with Crippen LogP contribution >= 0.6 is 0 Å². The van der Waals surface area contributed by atoms with E-state index in [0.29, 0.717) is 5.56 Å². The quantitative estimate of drug-likeness (QED) is 0.754. The second kappa shape index (κ2) is 4.80. The van der Waals surface area contributed by atoms with E-state index in [2.05, 4.69) is 6.07 Å². The largest absolute Gasteiger partial charge is 0.206 e. The maximum absolute atomic E-state index is 13.7. The number of benzene rings is 2. The van der Waals surface area contributed by atoms with Crippen LogP contribution in [0.15, 0.2) is 48.5 Å². The molecule has 2 aromatic carbocycles. The fraction of sp³-hybridized carbons (Fsp3) is 0.133. The molecule has 0 N–H and O–H groups in total. The first-order chi connectivity index (χ1) is 8.24. The van der Waals surface area contributed by atoms with Gasteiger partial charge in [0, 0.05) is 5.56 Å². The average Bonchev–Trinajstić information content (AvgIpc) is 2.38. The molecule has 0 aliphatic rings. The summed E-state index contributed by atoms with van der Waals surface area (Å²) >= 11 is 0. The van der Waals surface area contributed by atoms with Gasteiger partial charge in [-0.2, -0.15) is 5.26 Å². The lowest BCUT2D eigenvalue weighted by Crippen LogP contribution is -1.95. The Balaban J connectivity index is 2.61. The zero-order valence-electron chi connectivity index (χ0n) is 9.52. The Labute approximate surface area is 100 Å². The van der Waals surface area contributed by atoms with Crippen LogP contribution in [0.3, 0.4) is 0 Å². The summed E-state index contributed by atoms with van der Waals surface area (Å²) in [4.78, 5) is 0. The molecule has 0 aromatic heterocycles. The van der Waals surface area contributed by atoms with Crippen LogP contribution in [0, 0.1) is 17.1 Å². The summed E-state index contributed by atoms with van der Waals surface area (Å²) in [5, 5.41) is 8.99. The van der Waals surface area contributed by atoms with Crippen molar-refractivity contribution in [3.63, 3.8) is 0 Å². The monoisotopic (exact) mass is 225 g/mol. The molecule has 2 rings (SSSR count). The van der Waals surface area contributed by atoms with Gasteiger partial charge in [-0.15, -0.1) is 0 Å². The molecule has 0 saturated carbocycles. The highest BCUT2D eigenvalue weighted by Gasteiger charge is 2.12. The lowest BCUT2D eigenvalue weighted by Gasteiger charge is -2.11. The molecule has 84 valence electrons. The highest BCUT2D eigenvalue weighted by atomic mass is 19.1. The van der Waals surface area contributed by atoms with Gasteiger partial charge in [0.1, 0.15) is 5.82 Å². The lowest BCUT2D eigenvalue weighted by molar-refractivity contribution is 0.631. The van der Waals surface area contributed by atoms with Gasteiger partial charge < -0.3 is 0 Å². The topological polar surface area (TPSA) is 23.8 Å². The molecule has 0 amide bonds. The second-order valence-electron chi connectivity index (χ2n) is 3.92. The highest BCUT2D eigenvalue weighted by Crippen LogP contribution is 2.30. The van der Waals surface area contributed by atoms with E-state index >= 15 is 0 Å². The molecule has 0 heterocycles. The Bertz CT molecular complexity index is 569. The van der Waals surface area contributed by atoms with E-state index < -0.39 is 0 Å². The van der Waals surface area contributed by atoms with E-state index in [1.54, 1.807) is 18.2 Å². The highest BCUT2D eigenvalue weighted by molar-refractivity contribution is 5.69. The molecule has 2 aromatic rings. The predicted octanol–water partition coefficient (Wildman–Crippen LogP) is 4.12. The average molecular weight is 225 g/mol. The number of rotatable bonds is 2. The van der Waals surface area contributed by atoms with Crippen molar-refractivity contribution in [2.45, 2.75) is 12.8 Å². The van der Waals surface area contributed by atoms with Crippen LogP contribution in [0.1, 0.15) is 18.4 Å². The maximum Gasteiger partial charge on any atom is 0.131 e. The fourth-order valence-electron chi connectivity index (χ4n) is 1.87. The Morgan fingerprint density at radius 2 is 1.59 bits per heavy atom. The van der Waals surface area contributed by atoms with Crippen LogP contribution < -0.4 is 0 Å². The number of nitriles is 1. The minimum atomic E-state index is -0.259. The van der Waals surface area contributed by atoms with Gasteiger partial charge in [0.25, 0.3) is 0 Å². The van der Waals surface area contributed by atoms with E-state index in [1.807, 2.05) is 31.2 Å².